The third kappa shape index (κ3) is 3.51. The summed E-state index contributed by atoms with van der Waals surface area (Å²) in [7, 11) is 0. The Morgan fingerprint density at radius 2 is 2.24 bits per heavy atom. The summed E-state index contributed by atoms with van der Waals surface area (Å²) < 4.78 is 0. The van der Waals surface area contributed by atoms with Crippen molar-refractivity contribution in [2.75, 3.05) is 12.3 Å². The van der Waals surface area contributed by atoms with Gasteiger partial charge in [-0.2, -0.15) is 0 Å². The lowest BCUT2D eigenvalue weighted by atomic mass is 10.1. The Hall–Kier alpha value is -2.55. The molecule has 2 rings (SSSR count). The first kappa shape index (κ1) is 14.9. The Labute approximate surface area is 124 Å². The fraction of sp³-hybridized carbons (Fsp3) is 0.250. The van der Waals surface area contributed by atoms with Crippen molar-refractivity contribution in [2.24, 2.45) is 0 Å². The van der Waals surface area contributed by atoms with E-state index in [1.807, 2.05) is 0 Å². The van der Waals surface area contributed by atoms with E-state index in [0.717, 1.165) is 5.01 Å². The number of nitro groups is 1. The lowest BCUT2D eigenvalue weighted by Gasteiger charge is -2.07. The zero-order valence-electron chi connectivity index (χ0n) is 11.2. The lowest BCUT2D eigenvalue weighted by molar-refractivity contribution is -0.385. The minimum atomic E-state index is -0.504. The molecule has 0 bridgehead atoms. The number of carbonyl (C=O) groups is 1. The van der Waals surface area contributed by atoms with Crippen LogP contribution >= 0.6 is 11.3 Å². The number of aromatic nitrogens is 2. The van der Waals surface area contributed by atoms with Crippen molar-refractivity contribution >= 4 is 28.1 Å². The van der Waals surface area contributed by atoms with E-state index in [-0.39, 0.29) is 11.6 Å². The molecule has 0 atom stereocenters. The van der Waals surface area contributed by atoms with Crippen molar-refractivity contribution in [3.05, 3.63) is 44.4 Å². The fourth-order valence-electron chi connectivity index (χ4n) is 1.81. The summed E-state index contributed by atoms with van der Waals surface area (Å²) in [6.07, 6.45) is 0.509. The van der Waals surface area contributed by atoms with Crippen LogP contribution in [0.4, 0.5) is 10.8 Å². The van der Waals surface area contributed by atoms with Gasteiger partial charge in [-0.1, -0.05) is 17.4 Å². The van der Waals surface area contributed by atoms with Crippen LogP contribution in [0.15, 0.2) is 18.2 Å². The molecule has 0 aliphatic rings. The van der Waals surface area contributed by atoms with Crippen LogP contribution in [0.3, 0.4) is 0 Å². The van der Waals surface area contributed by atoms with Crippen molar-refractivity contribution in [1.29, 1.82) is 0 Å². The smallest absolute Gasteiger partial charge is 0.273 e. The van der Waals surface area contributed by atoms with Gasteiger partial charge in [-0.15, -0.1) is 10.2 Å². The maximum atomic E-state index is 12.0. The second-order valence-corrected chi connectivity index (χ2v) is 5.34. The predicted molar refractivity (Wildman–Crippen MR) is 78.2 cm³/mol. The monoisotopic (exact) mass is 307 g/mol. The number of nitrogens with zero attached hydrogens (tertiary/aromatic N) is 3. The number of amides is 1. The highest BCUT2D eigenvalue weighted by molar-refractivity contribution is 7.15. The van der Waals surface area contributed by atoms with Gasteiger partial charge in [0.2, 0.25) is 5.13 Å². The number of hydrogen-bond acceptors (Lipinski definition) is 7. The van der Waals surface area contributed by atoms with Crippen LogP contribution in [-0.2, 0) is 6.42 Å². The van der Waals surface area contributed by atoms with Gasteiger partial charge < -0.3 is 11.1 Å². The topological polar surface area (TPSA) is 124 Å². The average Bonchev–Trinajstić information content (AvgIpc) is 2.84. The summed E-state index contributed by atoms with van der Waals surface area (Å²) in [5, 5.41) is 22.2. The molecular weight excluding hydrogens is 294 g/mol. The molecule has 1 aromatic carbocycles. The molecule has 0 aliphatic heterocycles. The zero-order valence-corrected chi connectivity index (χ0v) is 12.0. The van der Waals surface area contributed by atoms with E-state index >= 15 is 0 Å². The molecule has 110 valence electrons. The molecule has 1 heterocycles. The summed E-state index contributed by atoms with van der Waals surface area (Å²) in [6, 6.07) is 4.42. The molecule has 0 unspecified atom stereocenters. The quantitative estimate of drug-likeness (QED) is 0.634. The van der Waals surface area contributed by atoms with Crippen molar-refractivity contribution < 1.29 is 9.72 Å². The average molecular weight is 307 g/mol. The Kier molecular flexibility index (Phi) is 4.43. The number of rotatable bonds is 5. The summed E-state index contributed by atoms with van der Waals surface area (Å²) in [5.74, 6) is -0.353. The highest BCUT2D eigenvalue weighted by Crippen LogP contribution is 2.20. The number of benzene rings is 1. The number of carbonyl (C=O) groups excluding carboxylic acids is 1. The number of nitrogen functional groups attached to an aromatic ring is 1. The highest BCUT2D eigenvalue weighted by atomic mass is 32.1. The first-order chi connectivity index (χ1) is 9.99. The number of anilines is 1. The molecule has 3 N–H and O–H groups in total. The fourth-order valence-corrected chi connectivity index (χ4v) is 2.42. The molecule has 8 nitrogen and oxygen atoms in total. The van der Waals surface area contributed by atoms with Crippen molar-refractivity contribution in [3.63, 3.8) is 0 Å². The van der Waals surface area contributed by atoms with E-state index in [1.165, 1.54) is 23.5 Å². The normalized spacial score (nSPS) is 10.3. The molecule has 0 aliphatic carbocycles. The van der Waals surface area contributed by atoms with Gasteiger partial charge in [-0.05, 0) is 13.0 Å². The minimum absolute atomic E-state index is 0.0699. The van der Waals surface area contributed by atoms with Gasteiger partial charge in [0.25, 0.3) is 11.6 Å². The van der Waals surface area contributed by atoms with Gasteiger partial charge in [0.05, 0.1) is 4.92 Å². The SMILES string of the molecule is Cc1c(C(=O)NCCc2nnc(N)s2)cccc1[N+](=O)[O-]. The maximum absolute atomic E-state index is 12.0. The van der Waals surface area contributed by atoms with Gasteiger partial charge in [0.15, 0.2) is 0 Å². The van der Waals surface area contributed by atoms with E-state index in [9.17, 15) is 14.9 Å². The van der Waals surface area contributed by atoms with Gasteiger partial charge in [0.1, 0.15) is 5.01 Å². The molecule has 9 heteroatoms. The zero-order chi connectivity index (χ0) is 15.4. The summed E-state index contributed by atoms with van der Waals surface area (Å²) in [4.78, 5) is 22.4. The van der Waals surface area contributed by atoms with E-state index < -0.39 is 4.92 Å². The number of nitrogens with one attached hydrogen (secondary N) is 1. The van der Waals surface area contributed by atoms with E-state index in [0.29, 0.717) is 29.2 Å². The first-order valence-electron chi connectivity index (χ1n) is 6.09. The number of nitrogens with two attached hydrogens (primary N) is 1. The van der Waals surface area contributed by atoms with Gasteiger partial charge >= 0.3 is 0 Å². The lowest BCUT2D eigenvalue weighted by Crippen LogP contribution is -2.26. The van der Waals surface area contributed by atoms with Crippen LogP contribution in [0.5, 0.6) is 0 Å². The van der Waals surface area contributed by atoms with E-state index in [1.54, 1.807) is 13.0 Å². The maximum Gasteiger partial charge on any atom is 0.273 e. The molecule has 0 saturated heterocycles. The molecule has 0 fully saturated rings. The Bertz CT molecular complexity index is 685. The largest absolute Gasteiger partial charge is 0.374 e. The third-order valence-corrected chi connectivity index (χ3v) is 3.67. The highest BCUT2D eigenvalue weighted by Gasteiger charge is 2.17. The number of hydrogen-bond donors (Lipinski definition) is 2. The second kappa shape index (κ2) is 6.27. The molecule has 2 aromatic rings. The van der Waals surface area contributed by atoms with Gasteiger partial charge in [-0.25, -0.2) is 0 Å². The Balaban J connectivity index is 2.00. The third-order valence-electron chi connectivity index (χ3n) is 2.85. The number of nitro benzene ring substituents is 1. The molecule has 1 amide bonds. The van der Waals surface area contributed by atoms with Crippen molar-refractivity contribution in [1.82, 2.24) is 15.5 Å². The first-order valence-corrected chi connectivity index (χ1v) is 6.90. The van der Waals surface area contributed by atoms with Crippen LogP contribution in [-0.4, -0.2) is 27.6 Å². The molecule has 1 aromatic heterocycles. The molecule has 21 heavy (non-hydrogen) atoms. The standard InChI is InChI=1S/C12H13N5O3S/c1-7-8(3-2-4-9(7)17(19)20)11(18)14-6-5-10-15-16-12(13)21-10/h2-4H,5-6H2,1H3,(H2,13,16)(H,14,18). The van der Waals surface area contributed by atoms with Crippen molar-refractivity contribution in [2.45, 2.75) is 13.3 Å². The summed E-state index contributed by atoms with van der Waals surface area (Å²) >= 11 is 1.26. The van der Waals surface area contributed by atoms with E-state index in [2.05, 4.69) is 15.5 Å². The van der Waals surface area contributed by atoms with Crippen molar-refractivity contribution in [3.8, 4) is 0 Å². The van der Waals surface area contributed by atoms with Crippen LogP contribution in [0.2, 0.25) is 0 Å². The minimum Gasteiger partial charge on any atom is -0.374 e. The van der Waals surface area contributed by atoms with Gasteiger partial charge in [-0.3, -0.25) is 14.9 Å². The second-order valence-electron chi connectivity index (χ2n) is 4.25. The predicted octanol–water partition coefficient (Wildman–Crippen LogP) is 1.31. The molecule has 0 spiro atoms. The molecular formula is C12H13N5O3S. The van der Waals surface area contributed by atoms with Crippen LogP contribution in [0, 0.1) is 17.0 Å². The Morgan fingerprint density at radius 3 is 2.86 bits per heavy atom. The van der Waals surface area contributed by atoms with E-state index in [4.69, 9.17) is 5.73 Å². The molecule has 0 saturated carbocycles. The summed E-state index contributed by atoms with van der Waals surface area (Å²) in [5.41, 5.74) is 6.03. The Morgan fingerprint density at radius 1 is 1.48 bits per heavy atom. The summed E-state index contributed by atoms with van der Waals surface area (Å²) in [6.45, 7) is 1.91. The molecule has 0 radical (unpaired) electrons. The van der Waals surface area contributed by atoms with Crippen LogP contribution < -0.4 is 11.1 Å². The van der Waals surface area contributed by atoms with Crippen LogP contribution in [0.25, 0.3) is 0 Å². The van der Waals surface area contributed by atoms with Gasteiger partial charge in [0, 0.05) is 30.2 Å². The van der Waals surface area contributed by atoms with Crippen LogP contribution in [0.1, 0.15) is 20.9 Å².